The maximum absolute atomic E-state index is 12.7. The van der Waals surface area contributed by atoms with E-state index in [2.05, 4.69) is 9.97 Å². The van der Waals surface area contributed by atoms with E-state index < -0.39 is 33.6 Å². The van der Waals surface area contributed by atoms with Gasteiger partial charge in [-0.05, 0) is 32.9 Å². The number of benzene rings is 2. The van der Waals surface area contributed by atoms with Crippen LogP contribution in [0.15, 0.2) is 49.1 Å². The first kappa shape index (κ1) is 37.4. The van der Waals surface area contributed by atoms with Crippen molar-refractivity contribution in [3.05, 3.63) is 103 Å². The number of carbonyl (C=O) groups is 4. The van der Waals surface area contributed by atoms with Crippen molar-refractivity contribution >= 4 is 35.1 Å². The average molecular weight is 705 g/mol. The van der Waals surface area contributed by atoms with Gasteiger partial charge in [0.25, 0.3) is 23.2 Å². The van der Waals surface area contributed by atoms with Crippen molar-refractivity contribution in [1.29, 1.82) is 0 Å². The fourth-order valence-corrected chi connectivity index (χ4v) is 5.45. The van der Waals surface area contributed by atoms with Gasteiger partial charge >= 0.3 is 11.9 Å². The van der Waals surface area contributed by atoms with Gasteiger partial charge in [-0.3, -0.25) is 39.0 Å². The Morgan fingerprint density at radius 1 is 0.784 bits per heavy atom. The highest BCUT2D eigenvalue weighted by Gasteiger charge is 2.35. The Labute approximate surface area is 291 Å². The normalized spacial score (nSPS) is 12.8. The molecule has 2 aromatic heterocycles. The van der Waals surface area contributed by atoms with Gasteiger partial charge in [0.05, 0.1) is 58.4 Å². The Kier molecular flexibility index (Phi) is 11.3. The maximum atomic E-state index is 12.7. The monoisotopic (exact) mass is 704 g/mol. The lowest BCUT2D eigenvalue weighted by Crippen LogP contribution is -2.26. The quantitative estimate of drug-likeness (QED) is 0.154. The molecule has 2 aliphatic rings. The molecule has 0 atom stereocenters. The summed E-state index contributed by atoms with van der Waals surface area (Å²) < 4.78 is 13.2. The van der Waals surface area contributed by atoms with E-state index >= 15 is 0 Å². The first-order valence-corrected chi connectivity index (χ1v) is 15.8. The first-order valence-electron chi connectivity index (χ1n) is 15.8. The van der Waals surface area contributed by atoms with Gasteiger partial charge in [-0.15, -0.1) is 0 Å². The SMILES string of the molecule is CC.CC(C)OC(=O)c1ncn2c1CN(C)C(=O)c1c-2cccc1[N+](=O)[O-].CCOC(=O)c1ncn2c1CN(C)C(=O)c1c-2cccc1[N+](=O)[O-]. The van der Waals surface area contributed by atoms with Gasteiger partial charge in [-0.25, -0.2) is 19.6 Å². The van der Waals surface area contributed by atoms with Crippen molar-refractivity contribution in [2.45, 2.75) is 53.8 Å². The molecule has 0 unspecified atom stereocenters. The molecule has 0 radical (unpaired) electrons. The number of aromatic nitrogens is 4. The molecule has 0 aliphatic carbocycles. The van der Waals surface area contributed by atoms with Crippen LogP contribution in [-0.4, -0.2) is 89.3 Å². The molecule has 0 fully saturated rings. The van der Waals surface area contributed by atoms with Gasteiger partial charge < -0.3 is 19.3 Å². The van der Waals surface area contributed by atoms with Crippen LogP contribution in [0.4, 0.5) is 11.4 Å². The van der Waals surface area contributed by atoms with E-state index in [9.17, 15) is 39.4 Å². The highest BCUT2D eigenvalue weighted by atomic mass is 16.6. The zero-order chi connectivity index (χ0) is 37.7. The van der Waals surface area contributed by atoms with E-state index in [1.807, 2.05) is 13.8 Å². The number of hydrogen-bond acceptors (Lipinski definition) is 12. The molecule has 18 nitrogen and oxygen atoms in total. The number of amides is 2. The molecule has 51 heavy (non-hydrogen) atoms. The molecule has 0 saturated carbocycles. The third-order valence-corrected chi connectivity index (χ3v) is 7.59. The lowest BCUT2D eigenvalue weighted by molar-refractivity contribution is -0.385. The molecule has 18 heteroatoms. The van der Waals surface area contributed by atoms with E-state index in [4.69, 9.17) is 9.47 Å². The second kappa shape index (κ2) is 15.4. The smallest absolute Gasteiger partial charge is 0.359 e. The second-order valence-corrected chi connectivity index (χ2v) is 11.2. The standard InChI is InChI=1S/C16H16N4O5.C15H14N4O5.C2H6/c1-9(2)25-16(22)14-12-7-18(3)15(21)13-10(19(12)8-17-14)5-4-6-11(13)20(23)24;1-3-24-15(21)13-11-7-17(2)14(20)12-9(18(11)8-16-13)5-4-6-10(12)19(22)23;1-2/h4-6,8-9H,7H2,1-3H3;4-6,8H,3,7H2,1-2H3;1-2H3. The maximum Gasteiger partial charge on any atom is 0.359 e. The molecule has 0 saturated heterocycles. The van der Waals surface area contributed by atoms with Crippen LogP contribution in [0.5, 0.6) is 0 Å². The summed E-state index contributed by atoms with van der Waals surface area (Å²) in [4.78, 5) is 81.8. The fraction of sp³-hybridized carbons (Fsp3) is 0.333. The van der Waals surface area contributed by atoms with Crippen LogP contribution in [0, 0.1) is 20.2 Å². The molecule has 4 aromatic rings. The van der Waals surface area contributed by atoms with Crippen LogP contribution >= 0.6 is 0 Å². The molecule has 0 bridgehead atoms. The van der Waals surface area contributed by atoms with Crippen LogP contribution in [0.2, 0.25) is 0 Å². The highest BCUT2D eigenvalue weighted by molar-refractivity contribution is 6.03. The van der Waals surface area contributed by atoms with Crippen molar-refractivity contribution in [2.75, 3.05) is 20.7 Å². The van der Waals surface area contributed by atoms with Gasteiger partial charge in [0.2, 0.25) is 0 Å². The number of ether oxygens (including phenoxy) is 2. The largest absolute Gasteiger partial charge is 0.461 e. The number of nitro benzene ring substituents is 2. The summed E-state index contributed by atoms with van der Waals surface area (Å²) in [7, 11) is 3.03. The number of nitro groups is 2. The van der Waals surface area contributed by atoms with Gasteiger partial charge in [0.1, 0.15) is 23.8 Å². The Balaban J connectivity index is 0.000000218. The van der Waals surface area contributed by atoms with Crippen molar-refractivity contribution < 1.29 is 38.5 Å². The summed E-state index contributed by atoms with van der Waals surface area (Å²) in [6.45, 7) is 9.48. The zero-order valence-electron chi connectivity index (χ0n) is 29.0. The first-order chi connectivity index (χ1) is 24.3. The highest BCUT2D eigenvalue weighted by Crippen LogP contribution is 2.33. The minimum absolute atomic E-state index is 0.0310. The van der Waals surface area contributed by atoms with Crippen molar-refractivity contribution in [3.8, 4) is 11.4 Å². The molecule has 0 N–H and O–H groups in total. The minimum atomic E-state index is -0.599. The van der Waals surface area contributed by atoms with Crippen molar-refractivity contribution in [3.63, 3.8) is 0 Å². The van der Waals surface area contributed by atoms with E-state index in [0.717, 1.165) is 0 Å². The van der Waals surface area contributed by atoms with E-state index in [1.54, 1.807) is 32.9 Å². The summed E-state index contributed by atoms with van der Waals surface area (Å²) in [6, 6.07) is 8.70. The van der Waals surface area contributed by atoms with Gasteiger partial charge in [0.15, 0.2) is 11.4 Å². The molecular weight excluding hydrogens is 668 g/mol. The number of hydrogen-bond donors (Lipinski definition) is 0. The molecule has 0 spiro atoms. The topological polar surface area (TPSA) is 215 Å². The van der Waals surface area contributed by atoms with E-state index in [-0.39, 0.29) is 59.7 Å². The minimum Gasteiger partial charge on any atom is -0.461 e. The molecule has 4 heterocycles. The van der Waals surface area contributed by atoms with Crippen molar-refractivity contribution in [2.24, 2.45) is 0 Å². The lowest BCUT2D eigenvalue weighted by Gasteiger charge is -2.14. The zero-order valence-corrected chi connectivity index (χ0v) is 29.0. The Morgan fingerprint density at radius 2 is 1.20 bits per heavy atom. The number of esters is 2. The average Bonchev–Trinajstić information content (AvgIpc) is 3.67. The predicted molar refractivity (Wildman–Crippen MR) is 180 cm³/mol. The number of nitrogens with zero attached hydrogens (tertiary/aromatic N) is 8. The summed E-state index contributed by atoms with van der Waals surface area (Å²) in [5, 5.41) is 22.6. The molecule has 268 valence electrons. The second-order valence-electron chi connectivity index (χ2n) is 11.2. The Bertz CT molecular complexity index is 2030. The molecule has 2 amide bonds. The number of fused-ring (bicyclic) bond motifs is 6. The molecule has 6 rings (SSSR count). The van der Waals surface area contributed by atoms with Crippen molar-refractivity contribution in [1.82, 2.24) is 28.9 Å². The van der Waals surface area contributed by atoms with Crippen LogP contribution in [0.1, 0.15) is 87.7 Å². The van der Waals surface area contributed by atoms with E-state index in [1.165, 1.54) is 69.9 Å². The third kappa shape index (κ3) is 7.15. The van der Waals surface area contributed by atoms with Crippen LogP contribution in [0.3, 0.4) is 0 Å². The fourth-order valence-electron chi connectivity index (χ4n) is 5.45. The summed E-state index contributed by atoms with van der Waals surface area (Å²) in [5.41, 5.74) is 1.07. The molecular formula is C33H36N8O10. The predicted octanol–water partition coefficient (Wildman–Crippen LogP) is 4.50. The summed E-state index contributed by atoms with van der Waals surface area (Å²) >= 11 is 0. The number of imidazole rings is 2. The summed E-state index contributed by atoms with van der Waals surface area (Å²) in [6.07, 6.45) is 2.43. The lowest BCUT2D eigenvalue weighted by atomic mass is 10.1. The van der Waals surface area contributed by atoms with Gasteiger partial charge in [-0.1, -0.05) is 26.0 Å². The molecule has 2 aliphatic heterocycles. The molecule has 2 aromatic carbocycles. The number of rotatable bonds is 6. The van der Waals surface area contributed by atoms with Gasteiger partial charge in [0, 0.05) is 26.2 Å². The van der Waals surface area contributed by atoms with Gasteiger partial charge in [-0.2, -0.15) is 0 Å². The number of carbonyl (C=O) groups excluding carboxylic acids is 4. The van der Waals surface area contributed by atoms with Crippen LogP contribution in [0.25, 0.3) is 11.4 Å². The third-order valence-electron chi connectivity index (χ3n) is 7.59. The Morgan fingerprint density at radius 3 is 1.57 bits per heavy atom. The summed E-state index contributed by atoms with van der Waals surface area (Å²) in [5.74, 6) is -2.18. The van der Waals surface area contributed by atoms with Crippen LogP contribution in [-0.2, 0) is 22.6 Å². The Hall–Kier alpha value is -6.46. The van der Waals surface area contributed by atoms with E-state index in [0.29, 0.717) is 22.8 Å². The van der Waals surface area contributed by atoms with Crippen LogP contribution < -0.4 is 0 Å².